The SMILES string of the molecule is CC(C)(CCC#N)CNc1cccc(C(=O)N2CCCC(O)C2)c1. The van der Waals surface area contributed by atoms with Crippen LogP contribution < -0.4 is 5.32 Å². The lowest BCUT2D eigenvalue weighted by atomic mass is 9.88. The van der Waals surface area contributed by atoms with E-state index in [1.807, 2.05) is 24.3 Å². The second-order valence-corrected chi connectivity index (χ2v) is 7.30. The molecule has 1 amide bonds. The molecule has 1 fully saturated rings. The number of piperidine rings is 1. The van der Waals surface area contributed by atoms with E-state index < -0.39 is 6.10 Å². The second kappa shape index (κ2) is 8.16. The van der Waals surface area contributed by atoms with Crippen LogP contribution >= 0.6 is 0 Å². The van der Waals surface area contributed by atoms with Crippen molar-refractivity contribution in [2.45, 2.75) is 45.6 Å². The van der Waals surface area contributed by atoms with Crippen LogP contribution in [0.3, 0.4) is 0 Å². The number of nitrogens with one attached hydrogen (secondary N) is 1. The van der Waals surface area contributed by atoms with E-state index in [0.29, 0.717) is 25.1 Å². The molecule has 5 heteroatoms. The van der Waals surface area contributed by atoms with Gasteiger partial charge >= 0.3 is 0 Å². The first kappa shape index (κ1) is 18.3. The molecule has 1 aliphatic rings. The second-order valence-electron chi connectivity index (χ2n) is 7.30. The molecule has 0 aromatic heterocycles. The van der Waals surface area contributed by atoms with Gasteiger partial charge in [-0.1, -0.05) is 19.9 Å². The number of carbonyl (C=O) groups excluding carboxylic acids is 1. The highest BCUT2D eigenvalue weighted by atomic mass is 16.3. The first-order valence-electron chi connectivity index (χ1n) is 8.59. The first-order valence-corrected chi connectivity index (χ1v) is 8.59. The molecular formula is C19H27N3O2. The minimum absolute atomic E-state index is 0.0206. The number of benzene rings is 1. The summed E-state index contributed by atoms with van der Waals surface area (Å²) in [6.07, 6.45) is 2.58. The summed E-state index contributed by atoms with van der Waals surface area (Å²) in [5.74, 6) is -0.0267. The minimum Gasteiger partial charge on any atom is -0.391 e. The highest BCUT2D eigenvalue weighted by molar-refractivity contribution is 5.95. The molecule has 0 spiro atoms. The lowest BCUT2D eigenvalue weighted by Crippen LogP contribution is -2.42. The van der Waals surface area contributed by atoms with E-state index >= 15 is 0 Å². The molecule has 0 aliphatic carbocycles. The van der Waals surface area contributed by atoms with Crippen LogP contribution in [0.5, 0.6) is 0 Å². The number of aliphatic hydroxyl groups is 1. The molecule has 0 radical (unpaired) electrons. The molecule has 0 bridgehead atoms. The van der Waals surface area contributed by atoms with E-state index in [-0.39, 0.29) is 11.3 Å². The maximum absolute atomic E-state index is 12.6. The number of hydrogen-bond acceptors (Lipinski definition) is 4. The predicted molar refractivity (Wildman–Crippen MR) is 94.7 cm³/mol. The molecule has 0 saturated carbocycles. The van der Waals surface area contributed by atoms with Crippen molar-refractivity contribution >= 4 is 11.6 Å². The molecule has 2 N–H and O–H groups in total. The van der Waals surface area contributed by atoms with Crippen molar-refractivity contribution in [3.8, 4) is 6.07 Å². The topological polar surface area (TPSA) is 76.4 Å². The Hall–Kier alpha value is -2.06. The van der Waals surface area contributed by atoms with Gasteiger partial charge in [0.05, 0.1) is 12.2 Å². The van der Waals surface area contributed by atoms with Gasteiger partial charge in [0.1, 0.15) is 0 Å². The third kappa shape index (κ3) is 5.24. The van der Waals surface area contributed by atoms with Crippen molar-refractivity contribution < 1.29 is 9.90 Å². The van der Waals surface area contributed by atoms with Crippen LogP contribution in [0.2, 0.25) is 0 Å². The molecule has 1 aromatic rings. The van der Waals surface area contributed by atoms with Gasteiger partial charge < -0.3 is 15.3 Å². The van der Waals surface area contributed by atoms with Gasteiger partial charge in [0, 0.05) is 37.3 Å². The Bertz CT molecular complexity index is 607. The Kier molecular flexibility index (Phi) is 6.22. The van der Waals surface area contributed by atoms with Gasteiger partial charge in [-0.2, -0.15) is 5.26 Å². The van der Waals surface area contributed by atoms with Crippen molar-refractivity contribution in [3.63, 3.8) is 0 Å². The molecule has 130 valence electrons. The standard InChI is InChI=1S/C19H27N3O2/c1-19(2,9-5-10-20)14-21-16-7-3-6-15(12-16)18(24)22-11-4-8-17(23)13-22/h3,6-7,12,17,21,23H,4-5,8-9,11,13-14H2,1-2H3. The zero-order chi connectivity index (χ0) is 17.6. The maximum atomic E-state index is 12.6. The number of anilines is 1. The van der Waals surface area contributed by atoms with E-state index in [0.717, 1.165) is 31.5 Å². The van der Waals surface area contributed by atoms with Gasteiger partial charge in [-0.05, 0) is 42.9 Å². The fourth-order valence-corrected chi connectivity index (χ4v) is 2.91. The summed E-state index contributed by atoms with van der Waals surface area (Å²) >= 11 is 0. The molecular weight excluding hydrogens is 302 g/mol. The summed E-state index contributed by atoms with van der Waals surface area (Å²) < 4.78 is 0. The van der Waals surface area contributed by atoms with Crippen molar-refractivity contribution in [3.05, 3.63) is 29.8 Å². The van der Waals surface area contributed by atoms with E-state index in [2.05, 4.69) is 25.2 Å². The largest absolute Gasteiger partial charge is 0.391 e. The van der Waals surface area contributed by atoms with E-state index in [1.54, 1.807) is 4.90 Å². The average molecular weight is 329 g/mol. The highest BCUT2D eigenvalue weighted by Gasteiger charge is 2.23. The van der Waals surface area contributed by atoms with Crippen molar-refractivity contribution in [2.24, 2.45) is 5.41 Å². The number of carbonyl (C=O) groups is 1. The molecule has 1 aromatic carbocycles. The number of rotatable bonds is 6. The van der Waals surface area contributed by atoms with Crippen LogP contribution in [0.4, 0.5) is 5.69 Å². The van der Waals surface area contributed by atoms with Crippen molar-refractivity contribution in [1.82, 2.24) is 4.90 Å². The van der Waals surface area contributed by atoms with Crippen LogP contribution in [-0.2, 0) is 0 Å². The Labute approximate surface area is 144 Å². The zero-order valence-electron chi connectivity index (χ0n) is 14.6. The summed E-state index contributed by atoms with van der Waals surface area (Å²) in [5, 5.41) is 21.8. The van der Waals surface area contributed by atoms with Gasteiger partial charge in [-0.25, -0.2) is 0 Å². The third-order valence-electron chi connectivity index (χ3n) is 4.48. The summed E-state index contributed by atoms with van der Waals surface area (Å²) in [6.45, 7) is 6.12. The summed E-state index contributed by atoms with van der Waals surface area (Å²) in [5.41, 5.74) is 1.57. The van der Waals surface area contributed by atoms with Crippen LogP contribution in [-0.4, -0.2) is 41.7 Å². The number of likely N-dealkylation sites (tertiary alicyclic amines) is 1. The Morgan fingerprint density at radius 3 is 3.00 bits per heavy atom. The van der Waals surface area contributed by atoms with E-state index in [9.17, 15) is 9.90 Å². The molecule has 1 saturated heterocycles. The van der Waals surface area contributed by atoms with Crippen LogP contribution in [0, 0.1) is 16.7 Å². The Balaban J connectivity index is 1.98. The number of aliphatic hydroxyl groups excluding tert-OH is 1. The number of nitriles is 1. The number of nitrogens with zero attached hydrogens (tertiary/aromatic N) is 2. The number of hydrogen-bond donors (Lipinski definition) is 2. The summed E-state index contributed by atoms with van der Waals surface area (Å²) in [6, 6.07) is 9.69. The van der Waals surface area contributed by atoms with E-state index in [4.69, 9.17) is 5.26 Å². The smallest absolute Gasteiger partial charge is 0.254 e. The summed E-state index contributed by atoms with van der Waals surface area (Å²) in [4.78, 5) is 14.3. The van der Waals surface area contributed by atoms with Gasteiger partial charge in [-0.15, -0.1) is 0 Å². The molecule has 1 heterocycles. The Morgan fingerprint density at radius 1 is 1.50 bits per heavy atom. The Morgan fingerprint density at radius 2 is 2.29 bits per heavy atom. The maximum Gasteiger partial charge on any atom is 0.254 e. The first-order chi connectivity index (χ1) is 11.4. The number of amides is 1. The van der Waals surface area contributed by atoms with Crippen molar-refractivity contribution in [2.75, 3.05) is 25.0 Å². The summed E-state index contributed by atoms with van der Waals surface area (Å²) in [7, 11) is 0. The fraction of sp³-hybridized carbons (Fsp3) is 0.579. The molecule has 1 aliphatic heterocycles. The quantitative estimate of drug-likeness (QED) is 0.841. The number of β-amino-alcohol motifs (C(OH)–C–C–N with tert-alkyl or cyclic N) is 1. The molecule has 5 nitrogen and oxygen atoms in total. The lowest BCUT2D eigenvalue weighted by molar-refractivity contribution is 0.0474. The molecule has 1 unspecified atom stereocenters. The van der Waals surface area contributed by atoms with Crippen LogP contribution in [0.15, 0.2) is 24.3 Å². The normalized spacial score (nSPS) is 18.1. The van der Waals surface area contributed by atoms with Crippen LogP contribution in [0.1, 0.15) is 49.9 Å². The lowest BCUT2D eigenvalue weighted by Gasteiger charge is -2.30. The third-order valence-corrected chi connectivity index (χ3v) is 4.48. The van der Waals surface area contributed by atoms with Gasteiger partial charge in [0.15, 0.2) is 0 Å². The van der Waals surface area contributed by atoms with Crippen LogP contribution in [0.25, 0.3) is 0 Å². The van der Waals surface area contributed by atoms with Gasteiger partial charge in [0.2, 0.25) is 0 Å². The predicted octanol–water partition coefficient (Wildman–Crippen LogP) is 3.03. The minimum atomic E-state index is -0.412. The fourth-order valence-electron chi connectivity index (χ4n) is 2.91. The zero-order valence-corrected chi connectivity index (χ0v) is 14.6. The highest BCUT2D eigenvalue weighted by Crippen LogP contribution is 2.23. The van der Waals surface area contributed by atoms with Gasteiger partial charge in [0.25, 0.3) is 5.91 Å². The van der Waals surface area contributed by atoms with Gasteiger partial charge in [-0.3, -0.25) is 4.79 Å². The monoisotopic (exact) mass is 329 g/mol. The molecule has 24 heavy (non-hydrogen) atoms. The molecule has 2 rings (SSSR count). The average Bonchev–Trinajstić information content (AvgIpc) is 2.58. The molecule has 1 atom stereocenters. The van der Waals surface area contributed by atoms with E-state index in [1.165, 1.54) is 0 Å². The van der Waals surface area contributed by atoms with Crippen molar-refractivity contribution in [1.29, 1.82) is 5.26 Å².